The molecule has 0 bridgehead atoms. The fourth-order valence-corrected chi connectivity index (χ4v) is 7.49. The predicted molar refractivity (Wildman–Crippen MR) is 248 cm³/mol. The topological polar surface area (TPSA) is 6.48 Å². The van der Waals surface area contributed by atoms with Gasteiger partial charge < -0.3 is 9.80 Å². The summed E-state index contributed by atoms with van der Waals surface area (Å²) in [5.74, 6) is 0. The van der Waals surface area contributed by atoms with Gasteiger partial charge in [-0.05, 0) is 123 Å². The van der Waals surface area contributed by atoms with Gasteiger partial charge in [0.25, 0.3) is 0 Å². The minimum atomic E-state index is -0.507. The van der Waals surface area contributed by atoms with Crippen LogP contribution in [-0.2, 0) is 0 Å². The first-order chi connectivity index (χ1) is 30.0. The molecule has 0 atom stereocenters. The third kappa shape index (κ3) is 7.73. The second kappa shape index (κ2) is 16.6. The highest BCUT2D eigenvalue weighted by Crippen LogP contribution is 2.40. The molecule has 9 aromatic carbocycles. The highest BCUT2D eigenvalue weighted by molar-refractivity contribution is 5.83. The largest absolute Gasteiger partial charge is 0.311 e. The molecular formula is C56H42N2. The molecule has 0 aliphatic heterocycles. The highest BCUT2D eigenvalue weighted by Gasteiger charge is 2.16. The average molecular weight is 746 g/mol. The van der Waals surface area contributed by atoms with Crippen LogP contribution in [-0.4, -0.2) is 0 Å². The molecular weight excluding hydrogens is 701 g/mol. The van der Waals surface area contributed by atoms with Crippen LogP contribution in [0.2, 0.25) is 0 Å². The lowest BCUT2D eigenvalue weighted by Gasteiger charge is -2.26. The summed E-state index contributed by atoms with van der Waals surface area (Å²) < 4.78 is 23.4. The molecule has 0 N–H and O–H groups in total. The van der Waals surface area contributed by atoms with Gasteiger partial charge in [-0.15, -0.1) is 0 Å². The van der Waals surface area contributed by atoms with Gasteiger partial charge in [0.2, 0.25) is 0 Å². The van der Waals surface area contributed by atoms with E-state index in [2.05, 4.69) is 192 Å². The summed E-state index contributed by atoms with van der Waals surface area (Å²) >= 11 is 0. The molecule has 0 saturated carbocycles. The molecule has 0 radical (unpaired) electrons. The maximum atomic E-state index is 8.17. The van der Waals surface area contributed by atoms with Crippen molar-refractivity contribution in [3.63, 3.8) is 0 Å². The molecule has 0 aliphatic carbocycles. The van der Waals surface area contributed by atoms with Crippen molar-refractivity contribution in [2.45, 2.75) is 0 Å². The van der Waals surface area contributed by atoms with Crippen LogP contribution in [0, 0.1) is 0 Å². The van der Waals surface area contributed by atoms with Crippen LogP contribution >= 0.6 is 0 Å². The van der Waals surface area contributed by atoms with Crippen LogP contribution in [0.3, 0.4) is 0 Å². The molecule has 0 fully saturated rings. The van der Waals surface area contributed by atoms with Gasteiger partial charge in [-0.25, -0.2) is 0 Å². The van der Waals surface area contributed by atoms with Gasteiger partial charge in [0, 0.05) is 34.1 Å². The van der Waals surface area contributed by atoms with Crippen molar-refractivity contribution in [2.24, 2.45) is 0 Å². The summed E-state index contributed by atoms with van der Waals surface area (Å²) in [6.07, 6.45) is 0. The van der Waals surface area contributed by atoms with Gasteiger partial charge in [0.05, 0.1) is 4.11 Å². The highest BCUT2D eigenvalue weighted by atomic mass is 15.1. The number of hydrogen-bond acceptors (Lipinski definition) is 2. The van der Waals surface area contributed by atoms with Gasteiger partial charge in [-0.2, -0.15) is 0 Å². The van der Waals surface area contributed by atoms with Crippen molar-refractivity contribution in [3.8, 4) is 44.5 Å². The number of nitrogens with zero attached hydrogens (tertiary/aromatic N) is 2. The van der Waals surface area contributed by atoms with Gasteiger partial charge >= 0.3 is 0 Å². The Morgan fingerprint density at radius 1 is 0.276 bits per heavy atom. The summed E-state index contributed by atoms with van der Waals surface area (Å²) in [5, 5.41) is 0. The number of hydrogen-bond donors (Lipinski definition) is 0. The number of benzene rings is 9. The van der Waals surface area contributed by atoms with E-state index in [0.717, 1.165) is 56.4 Å². The Hall–Kier alpha value is -7.68. The molecule has 0 saturated heterocycles. The van der Waals surface area contributed by atoms with E-state index < -0.39 is 6.53 Å². The van der Waals surface area contributed by atoms with E-state index >= 15 is 0 Å². The molecule has 2 nitrogen and oxygen atoms in total. The van der Waals surface area contributed by atoms with Crippen molar-refractivity contribution in [2.75, 3.05) is 9.80 Å². The molecule has 9 aromatic rings. The zero-order chi connectivity index (χ0) is 41.5. The Morgan fingerprint density at radius 2 is 0.483 bits per heavy atom. The van der Waals surface area contributed by atoms with E-state index in [-0.39, 0.29) is 6.05 Å². The zero-order valence-electron chi connectivity index (χ0n) is 34.9. The van der Waals surface area contributed by atoms with Crippen molar-refractivity contribution in [1.82, 2.24) is 0 Å². The van der Waals surface area contributed by atoms with Crippen LogP contribution in [0.5, 0.6) is 0 Å². The smallest absolute Gasteiger partial charge is 0.0623 e. The molecule has 276 valence electrons. The summed E-state index contributed by atoms with van der Waals surface area (Å²) in [6, 6.07) is 82.1. The van der Waals surface area contributed by atoms with E-state index in [1.54, 1.807) is 12.1 Å². The molecule has 0 aromatic heterocycles. The van der Waals surface area contributed by atoms with Gasteiger partial charge in [0.1, 0.15) is 0 Å². The van der Waals surface area contributed by atoms with Crippen molar-refractivity contribution < 1.29 is 4.11 Å². The summed E-state index contributed by atoms with van der Waals surface area (Å²) in [4.78, 5) is 4.49. The summed E-state index contributed by atoms with van der Waals surface area (Å²) in [7, 11) is 0. The molecule has 58 heavy (non-hydrogen) atoms. The Labute approximate surface area is 346 Å². The van der Waals surface area contributed by atoms with E-state index in [0.29, 0.717) is 5.56 Å². The Balaban J connectivity index is 1.03. The lowest BCUT2D eigenvalue weighted by molar-refractivity contribution is 1.28. The fraction of sp³-hybridized carbons (Fsp3) is 0. The fourth-order valence-electron chi connectivity index (χ4n) is 7.49. The summed E-state index contributed by atoms with van der Waals surface area (Å²) in [6.45, 7) is -0.507. The molecule has 0 amide bonds. The van der Waals surface area contributed by atoms with E-state index in [1.165, 1.54) is 22.3 Å². The van der Waals surface area contributed by atoms with Gasteiger partial charge in [-0.1, -0.05) is 176 Å². The maximum absolute atomic E-state index is 8.17. The number of rotatable bonds is 11. The van der Waals surface area contributed by atoms with E-state index in [1.807, 2.05) is 42.5 Å². The van der Waals surface area contributed by atoms with Gasteiger partial charge in [-0.3, -0.25) is 0 Å². The Morgan fingerprint density at radius 3 is 0.707 bits per heavy atom. The Bertz CT molecular complexity index is 2770. The van der Waals surface area contributed by atoms with Crippen LogP contribution in [0.4, 0.5) is 34.1 Å². The van der Waals surface area contributed by atoms with Gasteiger partial charge in [0.15, 0.2) is 0 Å². The first-order valence-corrected chi connectivity index (χ1v) is 19.5. The van der Waals surface area contributed by atoms with E-state index in [9.17, 15) is 0 Å². The van der Waals surface area contributed by atoms with E-state index in [4.69, 9.17) is 4.11 Å². The zero-order valence-corrected chi connectivity index (χ0v) is 31.9. The maximum Gasteiger partial charge on any atom is 0.0623 e. The quantitative estimate of drug-likeness (QED) is 0.130. The van der Waals surface area contributed by atoms with Crippen molar-refractivity contribution in [3.05, 3.63) is 249 Å². The normalized spacial score (nSPS) is 11.5. The SMILES string of the molecule is [2H]C([2H])=C([2H])c1ccc(N(c2ccc(-c3ccccc3)cc2)c2ccc(-c3ccc(N(c4ccc(-c5ccccc5)cc4)c4ccc(-c5ccccc5)cc4)cc3)cc2)cc1. The average Bonchev–Trinajstić information content (AvgIpc) is 3.34. The molecule has 9 rings (SSSR count). The Kier molecular flexibility index (Phi) is 9.31. The second-order valence-corrected chi connectivity index (χ2v) is 14.2. The van der Waals surface area contributed by atoms with Crippen molar-refractivity contribution >= 4 is 40.2 Å². The first-order valence-electron chi connectivity index (χ1n) is 21.0. The standard InChI is InChI=1S/C56H42N2/c1-2-42-18-30-51(31-19-42)57(52-32-20-46(21-33-52)43-12-6-3-7-13-43)53-38-26-49(27-39-53)50-28-40-56(41-29-50)58(54-34-22-47(23-35-54)44-14-8-4-9-15-44)55-36-24-48(25-37-55)45-16-10-5-11-17-45/h2-41H,1H2/i1D2,2D. The lowest BCUT2D eigenvalue weighted by atomic mass is 10.0. The lowest BCUT2D eigenvalue weighted by Crippen LogP contribution is -2.10. The third-order valence-electron chi connectivity index (χ3n) is 10.6. The molecule has 2 heteroatoms. The van der Waals surface area contributed by atoms with Crippen LogP contribution in [0.1, 0.15) is 9.68 Å². The molecule has 0 spiro atoms. The monoisotopic (exact) mass is 745 g/mol. The van der Waals surface area contributed by atoms with Crippen LogP contribution < -0.4 is 9.80 Å². The third-order valence-corrected chi connectivity index (χ3v) is 10.6. The minimum Gasteiger partial charge on any atom is -0.311 e. The van der Waals surface area contributed by atoms with Crippen molar-refractivity contribution in [1.29, 1.82) is 0 Å². The molecule has 0 unspecified atom stereocenters. The second-order valence-electron chi connectivity index (χ2n) is 14.2. The summed E-state index contributed by atoms with van der Waals surface area (Å²) in [5.41, 5.74) is 15.8. The van der Waals surface area contributed by atoms with Crippen LogP contribution in [0.15, 0.2) is 243 Å². The minimum absolute atomic E-state index is 0.106. The predicted octanol–water partition coefficient (Wildman–Crippen LogP) is 15.9. The molecule has 0 aliphatic rings. The van der Waals surface area contributed by atoms with Crippen LogP contribution in [0.25, 0.3) is 50.6 Å². The molecule has 0 heterocycles. The number of anilines is 6. The first kappa shape index (κ1) is 32.6.